The minimum Gasteiger partial charge on any atom is -0.309 e. The largest absolute Gasteiger partial charge is 0.309 e. The van der Waals surface area contributed by atoms with Crippen molar-refractivity contribution in [1.29, 1.82) is 0 Å². The Balaban J connectivity index is 2.98. The molecule has 0 amide bonds. The van der Waals surface area contributed by atoms with Crippen molar-refractivity contribution < 1.29 is 8.78 Å². The summed E-state index contributed by atoms with van der Waals surface area (Å²) in [6.07, 6.45) is 0.942. The molecule has 0 fully saturated rings. The molecule has 1 rings (SSSR count). The predicted octanol–water partition coefficient (Wildman–Crippen LogP) is 4.46. The van der Waals surface area contributed by atoms with Gasteiger partial charge in [0.05, 0.1) is 0 Å². The normalized spacial score (nSPS) is 13.0. The van der Waals surface area contributed by atoms with E-state index in [1.807, 2.05) is 6.92 Å². The maximum atomic E-state index is 14.2. The van der Waals surface area contributed by atoms with E-state index in [4.69, 9.17) is 0 Å². The van der Waals surface area contributed by atoms with Crippen molar-refractivity contribution in [2.24, 2.45) is 0 Å². The summed E-state index contributed by atoms with van der Waals surface area (Å²) in [4.78, 5) is 0. The Bertz CT molecular complexity index is 407. The van der Waals surface area contributed by atoms with Crippen LogP contribution in [0, 0.1) is 18.6 Å². The van der Waals surface area contributed by atoms with Gasteiger partial charge in [-0.2, -0.15) is 11.8 Å². The molecule has 0 aliphatic heterocycles. The van der Waals surface area contributed by atoms with Crippen molar-refractivity contribution >= 4 is 11.8 Å². The molecule has 108 valence electrons. The van der Waals surface area contributed by atoms with Gasteiger partial charge < -0.3 is 5.32 Å². The lowest BCUT2D eigenvalue weighted by atomic mass is 10.0. The van der Waals surface area contributed by atoms with E-state index < -0.39 is 11.6 Å². The van der Waals surface area contributed by atoms with Gasteiger partial charge in [-0.25, -0.2) is 8.78 Å². The van der Waals surface area contributed by atoms with E-state index in [2.05, 4.69) is 19.2 Å². The van der Waals surface area contributed by atoms with E-state index in [9.17, 15) is 8.78 Å². The molecule has 1 aromatic rings. The molecule has 1 atom stereocenters. The van der Waals surface area contributed by atoms with Gasteiger partial charge in [0.25, 0.3) is 0 Å². The zero-order valence-corrected chi connectivity index (χ0v) is 12.9. The molecule has 0 saturated carbocycles. The average Bonchev–Trinajstić information content (AvgIpc) is 2.36. The number of aryl methyl sites for hydroxylation is 1. The fourth-order valence-corrected chi connectivity index (χ4v) is 2.71. The first-order chi connectivity index (χ1) is 8.97. The van der Waals surface area contributed by atoms with Crippen LogP contribution in [0.3, 0.4) is 0 Å². The Morgan fingerprint density at radius 3 is 2.53 bits per heavy atom. The molecule has 1 N–H and O–H groups in total. The van der Waals surface area contributed by atoms with Gasteiger partial charge in [0.2, 0.25) is 0 Å². The first-order valence-electron chi connectivity index (χ1n) is 6.76. The van der Waals surface area contributed by atoms with E-state index in [-0.39, 0.29) is 11.6 Å². The van der Waals surface area contributed by atoms with Crippen molar-refractivity contribution in [2.75, 3.05) is 12.3 Å². The van der Waals surface area contributed by atoms with Crippen LogP contribution in [0.25, 0.3) is 0 Å². The summed E-state index contributed by atoms with van der Waals surface area (Å²) in [5.74, 6) is -0.200. The zero-order valence-electron chi connectivity index (χ0n) is 12.1. The summed E-state index contributed by atoms with van der Waals surface area (Å²) in [5.41, 5.74) is 0.677. The SMILES string of the molecule is CCCNC(CSC(C)C)c1c(F)ccc(C)c1F. The number of benzene rings is 1. The Hall–Kier alpha value is -0.610. The van der Waals surface area contributed by atoms with E-state index in [0.29, 0.717) is 16.6 Å². The number of halogens is 2. The molecular weight excluding hydrogens is 264 g/mol. The van der Waals surface area contributed by atoms with Crippen LogP contribution in [0.5, 0.6) is 0 Å². The number of hydrogen-bond acceptors (Lipinski definition) is 2. The Kier molecular flexibility index (Phi) is 6.80. The molecule has 0 aromatic heterocycles. The maximum Gasteiger partial charge on any atom is 0.133 e. The molecule has 0 bridgehead atoms. The van der Waals surface area contributed by atoms with Crippen LogP contribution in [-0.4, -0.2) is 17.5 Å². The summed E-state index contributed by atoms with van der Waals surface area (Å²) in [5, 5.41) is 3.70. The van der Waals surface area contributed by atoms with Gasteiger partial charge in [-0.15, -0.1) is 0 Å². The summed E-state index contributed by atoms with van der Waals surface area (Å²) >= 11 is 1.71. The number of thioether (sulfide) groups is 1. The lowest BCUT2D eigenvalue weighted by Gasteiger charge is -2.21. The van der Waals surface area contributed by atoms with E-state index in [1.54, 1.807) is 18.7 Å². The van der Waals surface area contributed by atoms with Gasteiger partial charge in [-0.1, -0.05) is 26.8 Å². The molecule has 1 nitrogen and oxygen atoms in total. The summed E-state index contributed by atoms with van der Waals surface area (Å²) in [6.45, 7) is 8.65. The third-order valence-electron chi connectivity index (χ3n) is 2.91. The van der Waals surface area contributed by atoms with Crippen LogP contribution in [0.1, 0.15) is 44.4 Å². The molecule has 1 aromatic carbocycles. The monoisotopic (exact) mass is 287 g/mol. The minimum atomic E-state index is -0.457. The first-order valence-corrected chi connectivity index (χ1v) is 7.81. The Labute approximate surface area is 119 Å². The van der Waals surface area contributed by atoms with E-state index in [1.165, 1.54) is 12.1 Å². The second kappa shape index (κ2) is 7.85. The highest BCUT2D eigenvalue weighted by Crippen LogP contribution is 2.27. The topological polar surface area (TPSA) is 12.0 Å². The summed E-state index contributed by atoms with van der Waals surface area (Å²) in [7, 11) is 0. The molecular formula is C15H23F2NS. The molecule has 0 aliphatic rings. The van der Waals surface area contributed by atoms with E-state index >= 15 is 0 Å². The van der Waals surface area contributed by atoms with Crippen LogP contribution < -0.4 is 5.32 Å². The van der Waals surface area contributed by atoms with Crippen LogP contribution in [0.2, 0.25) is 0 Å². The third kappa shape index (κ3) is 4.77. The Morgan fingerprint density at radius 2 is 1.95 bits per heavy atom. The fourth-order valence-electron chi connectivity index (χ4n) is 1.85. The van der Waals surface area contributed by atoms with Crippen molar-refractivity contribution in [3.05, 3.63) is 34.9 Å². The van der Waals surface area contributed by atoms with Crippen molar-refractivity contribution in [1.82, 2.24) is 5.32 Å². The number of rotatable bonds is 7. The van der Waals surface area contributed by atoms with Crippen LogP contribution in [-0.2, 0) is 0 Å². The van der Waals surface area contributed by atoms with Gasteiger partial charge in [-0.3, -0.25) is 0 Å². The first kappa shape index (κ1) is 16.4. The summed E-state index contributed by atoms with van der Waals surface area (Å²) < 4.78 is 28.1. The standard InChI is InChI=1S/C15H23F2NS/c1-5-8-18-13(9-19-10(2)3)14-12(16)7-6-11(4)15(14)17/h6-7,10,13,18H,5,8-9H2,1-4H3. The second-order valence-corrected chi connectivity index (χ2v) is 6.59. The molecule has 4 heteroatoms. The number of nitrogens with one attached hydrogen (secondary N) is 1. The Morgan fingerprint density at radius 1 is 1.26 bits per heavy atom. The van der Waals surface area contributed by atoms with Gasteiger partial charge in [0.15, 0.2) is 0 Å². The summed E-state index contributed by atoms with van der Waals surface area (Å²) in [6, 6.07) is 2.57. The molecule has 1 unspecified atom stereocenters. The van der Waals surface area contributed by atoms with E-state index in [0.717, 1.165) is 13.0 Å². The maximum absolute atomic E-state index is 14.2. The smallest absolute Gasteiger partial charge is 0.133 e. The molecule has 0 heterocycles. The van der Waals surface area contributed by atoms with Gasteiger partial charge >= 0.3 is 0 Å². The highest BCUT2D eigenvalue weighted by molar-refractivity contribution is 7.99. The van der Waals surface area contributed by atoms with Crippen molar-refractivity contribution in [2.45, 2.75) is 45.4 Å². The highest BCUT2D eigenvalue weighted by Gasteiger charge is 2.21. The van der Waals surface area contributed by atoms with Gasteiger partial charge in [0, 0.05) is 17.4 Å². The highest BCUT2D eigenvalue weighted by atomic mass is 32.2. The van der Waals surface area contributed by atoms with Gasteiger partial charge in [-0.05, 0) is 36.8 Å². The lowest BCUT2D eigenvalue weighted by Crippen LogP contribution is -2.27. The van der Waals surface area contributed by atoms with Crippen LogP contribution in [0.4, 0.5) is 8.78 Å². The van der Waals surface area contributed by atoms with Crippen molar-refractivity contribution in [3.8, 4) is 0 Å². The van der Waals surface area contributed by atoms with Crippen molar-refractivity contribution in [3.63, 3.8) is 0 Å². The minimum absolute atomic E-state index is 0.182. The molecule has 0 saturated heterocycles. The average molecular weight is 287 g/mol. The van der Waals surface area contributed by atoms with Gasteiger partial charge in [0.1, 0.15) is 11.6 Å². The molecule has 0 aliphatic carbocycles. The lowest BCUT2D eigenvalue weighted by molar-refractivity contribution is 0.488. The number of hydrogen-bond donors (Lipinski definition) is 1. The second-order valence-electron chi connectivity index (χ2n) is 4.98. The predicted molar refractivity (Wildman–Crippen MR) is 79.7 cm³/mol. The van der Waals surface area contributed by atoms with Crippen LogP contribution >= 0.6 is 11.8 Å². The fraction of sp³-hybridized carbons (Fsp3) is 0.600. The molecule has 0 spiro atoms. The third-order valence-corrected chi connectivity index (χ3v) is 4.10. The zero-order chi connectivity index (χ0) is 14.4. The molecule has 19 heavy (non-hydrogen) atoms. The quantitative estimate of drug-likeness (QED) is 0.795. The molecule has 0 radical (unpaired) electrons. The van der Waals surface area contributed by atoms with Crippen LogP contribution in [0.15, 0.2) is 12.1 Å².